The molecule has 1 heterocycles. The van der Waals surface area contributed by atoms with Crippen LogP contribution in [-0.4, -0.2) is 69.2 Å². The van der Waals surface area contributed by atoms with Crippen LogP contribution < -0.4 is 16.0 Å². The van der Waals surface area contributed by atoms with Crippen LogP contribution in [0, 0.1) is 5.41 Å². The number of amides is 3. The SMILES string of the molecule is CCNC(=NCC1(CCOC)CCCC1)NCCN1C(=O)CNC1=O. The van der Waals surface area contributed by atoms with E-state index in [9.17, 15) is 9.59 Å². The van der Waals surface area contributed by atoms with Crippen molar-refractivity contribution in [3.05, 3.63) is 0 Å². The van der Waals surface area contributed by atoms with E-state index in [-0.39, 0.29) is 23.9 Å². The molecule has 0 aromatic rings. The molecule has 1 saturated carbocycles. The van der Waals surface area contributed by atoms with Crippen molar-refractivity contribution in [3.63, 3.8) is 0 Å². The first-order valence-electron chi connectivity index (χ1n) is 9.19. The molecule has 1 saturated heterocycles. The number of carbonyl (C=O) groups excluding carboxylic acids is 2. The average Bonchev–Trinajstić information content (AvgIpc) is 3.20. The molecule has 1 aliphatic heterocycles. The zero-order valence-electron chi connectivity index (χ0n) is 15.4. The summed E-state index contributed by atoms with van der Waals surface area (Å²) in [6.07, 6.45) is 5.95. The molecule has 3 N–H and O–H groups in total. The third-order valence-corrected chi connectivity index (χ3v) is 4.98. The Morgan fingerprint density at radius 2 is 2.08 bits per heavy atom. The number of methoxy groups -OCH3 is 1. The lowest BCUT2D eigenvalue weighted by molar-refractivity contribution is -0.124. The van der Waals surface area contributed by atoms with Gasteiger partial charge in [-0.05, 0) is 31.6 Å². The van der Waals surface area contributed by atoms with Crippen LogP contribution in [0.1, 0.15) is 39.0 Å². The van der Waals surface area contributed by atoms with Crippen LogP contribution >= 0.6 is 0 Å². The summed E-state index contributed by atoms with van der Waals surface area (Å²) in [5.74, 6) is 0.552. The Labute approximate surface area is 149 Å². The van der Waals surface area contributed by atoms with E-state index < -0.39 is 0 Å². The molecular weight excluding hydrogens is 322 g/mol. The van der Waals surface area contributed by atoms with E-state index in [0.29, 0.717) is 13.1 Å². The quantitative estimate of drug-likeness (QED) is 0.322. The maximum Gasteiger partial charge on any atom is 0.324 e. The minimum atomic E-state index is -0.321. The molecular formula is C17H31N5O3. The normalized spacial score (nSPS) is 20.1. The molecule has 0 radical (unpaired) electrons. The molecule has 2 aliphatic rings. The van der Waals surface area contributed by atoms with E-state index in [2.05, 4.69) is 16.0 Å². The van der Waals surface area contributed by atoms with Crippen LogP contribution in [0.15, 0.2) is 4.99 Å². The highest BCUT2D eigenvalue weighted by molar-refractivity contribution is 6.01. The molecule has 2 fully saturated rings. The summed E-state index contributed by atoms with van der Waals surface area (Å²) in [6.45, 7) is 5.24. The van der Waals surface area contributed by atoms with Gasteiger partial charge in [-0.1, -0.05) is 12.8 Å². The highest BCUT2D eigenvalue weighted by Gasteiger charge is 2.33. The topological polar surface area (TPSA) is 95.1 Å². The first-order valence-corrected chi connectivity index (χ1v) is 9.19. The molecule has 3 amide bonds. The lowest BCUT2D eigenvalue weighted by Crippen LogP contribution is -2.43. The highest BCUT2D eigenvalue weighted by Crippen LogP contribution is 2.41. The Bertz CT molecular complexity index is 473. The number of nitrogens with one attached hydrogen (secondary N) is 3. The van der Waals surface area contributed by atoms with Gasteiger partial charge in [-0.15, -0.1) is 0 Å². The van der Waals surface area contributed by atoms with Crippen LogP contribution in [0.3, 0.4) is 0 Å². The smallest absolute Gasteiger partial charge is 0.324 e. The van der Waals surface area contributed by atoms with Gasteiger partial charge in [-0.25, -0.2) is 4.79 Å². The summed E-state index contributed by atoms with van der Waals surface area (Å²) in [4.78, 5) is 29.1. The number of urea groups is 1. The van der Waals surface area contributed by atoms with E-state index in [4.69, 9.17) is 9.73 Å². The summed E-state index contributed by atoms with van der Waals surface area (Å²) in [5, 5.41) is 8.97. The molecule has 0 spiro atoms. The van der Waals surface area contributed by atoms with Gasteiger partial charge < -0.3 is 20.7 Å². The lowest BCUT2D eigenvalue weighted by atomic mass is 9.83. The fraction of sp³-hybridized carbons (Fsp3) is 0.824. The molecule has 8 nitrogen and oxygen atoms in total. The molecule has 1 aliphatic carbocycles. The standard InChI is InChI=1S/C17H31N5O3/c1-3-18-15(19-9-10-22-14(23)12-20-16(22)24)21-13-17(8-11-25-2)6-4-5-7-17/h3-13H2,1-2H3,(H,20,24)(H2,18,19,21). The molecule has 2 rings (SSSR count). The Kier molecular flexibility index (Phi) is 7.49. The van der Waals surface area contributed by atoms with E-state index in [1.54, 1.807) is 7.11 Å². The zero-order valence-corrected chi connectivity index (χ0v) is 15.4. The lowest BCUT2D eigenvalue weighted by Gasteiger charge is -2.27. The fourth-order valence-corrected chi connectivity index (χ4v) is 3.49. The predicted molar refractivity (Wildman–Crippen MR) is 96.5 cm³/mol. The average molecular weight is 353 g/mol. The van der Waals surface area contributed by atoms with Gasteiger partial charge in [0.15, 0.2) is 5.96 Å². The van der Waals surface area contributed by atoms with E-state index >= 15 is 0 Å². The number of ether oxygens (including phenoxy) is 1. The number of guanidine groups is 1. The number of imide groups is 1. The largest absolute Gasteiger partial charge is 0.385 e. The molecule has 142 valence electrons. The van der Waals surface area contributed by atoms with E-state index in [1.807, 2.05) is 6.92 Å². The summed E-state index contributed by atoms with van der Waals surface area (Å²) < 4.78 is 5.27. The molecule has 8 heteroatoms. The Balaban J connectivity index is 1.86. The Morgan fingerprint density at radius 3 is 2.68 bits per heavy atom. The zero-order chi connectivity index (χ0) is 18.1. The molecule has 0 atom stereocenters. The van der Waals surface area contributed by atoms with Crippen molar-refractivity contribution < 1.29 is 14.3 Å². The van der Waals surface area contributed by atoms with Crippen molar-refractivity contribution in [2.24, 2.45) is 10.4 Å². The van der Waals surface area contributed by atoms with Gasteiger partial charge in [0.2, 0.25) is 5.91 Å². The van der Waals surface area contributed by atoms with Gasteiger partial charge >= 0.3 is 6.03 Å². The minimum Gasteiger partial charge on any atom is -0.385 e. The second kappa shape index (κ2) is 9.60. The van der Waals surface area contributed by atoms with Gasteiger partial charge in [0, 0.05) is 39.9 Å². The summed E-state index contributed by atoms with van der Waals surface area (Å²) in [5.41, 5.74) is 0.239. The minimum absolute atomic E-state index is 0.0923. The van der Waals surface area contributed by atoms with Gasteiger partial charge in [-0.2, -0.15) is 0 Å². The van der Waals surface area contributed by atoms with Gasteiger partial charge in [0.25, 0.3) is 0 Å². The van der Waals surface area contributed by atoms with Crippen molar-refractivity contribution in [2.45, 2.75) is 39.0 Å². The third kappa shape index (κ3) is 5.59. The van der Waals surface area contributed by atoms with Crippen molar-refractivity contribution >= 4 is 17.9 Å². The molecule has 0 aromatic heterocycles. The van der Waals surface area contributed by atoms with Crippen molar-refractivity contribution in [1.82, 2.24) is 20.9 Å². The number of aliphatic imine (C=N–C) groups is 1. The Hall–Kier alpha value is -1.83. The van der Waals surface area contributed by atoms with Crippen LogP contribution in [0.4, 0.5) is 4.79 Å². The number of rotatable bonds is 9. The number of carbonyl (C=O) groups is 2. The summed E-state index contributed by atoms with van der Waals surface area (Å²) >= 11 is 0. The van der Waals surface area contributed by atoms with Crippen molar-refractivity contribution in [3.8, 4) is 0 Å². The second-order valence-electron chi connectivity index (χ2n) is 6.78. The second-order valence-corrected chi connectivity index (χ2v) is 6.78. The predicted octanol–water partition coefficient (Wildman–Crippen LogP) is 0.690. The highest BCUT2D eigenvalue weighted by atomic mass is 16.5. The van der Waals surface area contributed by atoms with Crippen LogP contribution in [0.5, 0.6) is 0 Å². The van der Waals surface area contributed by atoms with E-state index in [1.165, 1.54) is 30.6 Å². The first-order chi connectivity index (χ1) is 12.1. The van der Waals surface area contributed by atoms with Crippen LogP contribution in [-0.2, 0) is 9.53 Å². The van der Waals surface area contributed by atoms with Gasteiger partial charge in [0.1, 0.15) is 0 Å². The van der Waals surface area contributed by atoms with Crippen molar-refractivity contribution in [2.75, 3.05) is 46.4 Å². The Morgan fingerprint density at radius 1 is 1.32 bits per heavy atom. The number of nitrogens with zero attached hydrogens (tertiary/aromatic N) is 2. The molecule has 0 aromatic carbocycles. The monoisotopic (exact) mass is 353 g/mol. The molecule has 0 bridgehead atoms. The van der Waals surface area contributed by atoms with Gasteiger partial charge in [-0.3, -0.25) is 14.7 Å². The maximum absolute atomic E-state index is 11.6. The molecule has 0 unspecified atom stereocenters. The number of hydrogen-bond acceptors (Lipinski definition) is 4. The summed E-state index contributed by atoms with van der Waals surface area (Å²) in [7, 11) is 1.74. The number of hydrogen-bond donors (Lipinski definition) is 3. The molecule has 25 heavy (non-hydrogen) atoms. The van der Waals surface area contributed by atoms with Crippen molar-refractivity contribution in [1.29, 1.82) is 0 Å². The van der Waals surface area contributed by atoms with Crippen LogP contribution in [0.25, 0.3) is 0 Å². The fourth-order valence-electron chi connectivity index (χ4n) is 3.49. The summed E-state index contributed by atoms with van der Waals surface area (Å²) in [6, 6.07) is -0.321. The third-order valence-electron chi connectivity index (χ3n) is 4.98. The first kappa shape index (κ1) is 19.5. The maximum atomic E-state index is 11.6. The van der Waals surface area contributed by atoms with Crippen LogP contribution in [0.2, 0.25) is 0 Å². The van der Waals surface area contributed by atoms with Gasteiger partial charge in [0.05, 0.1) is 6.54 Å². The van der Waals surface area contributed by atoms with E-state index in [0.717, 1.165) is 32.1 Å².